The van der Waals surface area contributed by atoms with E-state index in [1.54, 1.807) is 12.2 Å². The Morgan fingerprint density at radius 1 is 1.41 bits per heavy atom. The molecule has 2 aromatic rings. The molecule has 1 N–H and O–H groups in total. The number of amides is 1. The highest BCUT2D eigenvalue weighted by Crippen LogP contribution is 2.27. The molecular weight excluding hydrogens is 372 g/mol. The Hall–Kier alpha value is -2.05. The summed E-state index contributed by atoms with van der Waals surface area (Å²) in [5.41, 5.74) is -3.79. The number of alkyl halides is 1. The van der Waals surface area contributed by atoms with E-state index in [2.05, 4.69) is 4.98 Å². The van der Waals surface area contributed by atoms with Crippen LogP contribution >= 0.6 is 11.6 Å². The minimum absolute atomic E-state index is 0.197. The molecule has 0 spiro atoms. The number of carbonyl (C=O) groups excluding carboxylic acids is 1. The molecule has 0 radical (unpaired) electrons. The molecule has 1 aliphatic rings. The summed E-state index contributed by atoms with van der Waals surface area (Å²) in [5, 5.41) is 1.37. The van der Waals surface area contributed by atoms with Crippen LogP contribution in [0, 0.1) is 12.7 Å². The van der Waals surface area contributed by atoms with Gasteiger partial charge in [-0.3, -0.25) is 9.78 Å². The van der Waals surface area contributed by atoms with Crippen molar-refractivity contribution in [1.82, 2.24) is 15.2 Å². The summed E-state index contributed by atoms with van der Waals surface area (Å²) in [6, 6.07) is 5.64. The van der Waals surface area contributed by atoms with Crippen LogP contribution in [0.1, 0.15) is 45.3 Å². The molecule has 27 heavy (non-hydrogen) atoms. The number of aryl methyl sites for hydroxylation is 1. The van der Waals surface area contributed by atoms with Crippen molar-refractivity contribution in [1.29, 1.82) is 0 Å². The van der Waals surface area contributed by atoms with Crippen LogP contribution in [-0.2, 0) is 6.50 Å². The number of aromatic nitrogens is 1. The molecule has 0 atom stereocenters. The van der Waals surface area contributed by atoms with Crippen LogP contribution in [0.15, 0.2) is 36.5 Å². The molecule has 1 fully saturated rings. The standard InChI is InChI=1S/C20H22ClF2N3O/c1-14-2-4-16(25-11-14)12-24-13-20(23)6-8-26(9-7-20)19(27)15-3-5-18(22)17(21)10-15/h2-5,10-11,24H,6-9,12-13H2,1H3/i6D2,7D2,12D2,13D2. The number of nitrogens with one attached hydrogen (secondary N) is 1. The van der Waals surface area contributed by atoms with Gasteiger partial charge in [0.15, 0.2) is 0 Å². The summed E-state index contributed by atoms with van der Waals surface area (Å²) < 4.78 is 95.6. The number of pyridine rings is 1. The largest absolute Gasteiger partial charge is 0.338 e. The molecule has 144 valence electrons. The number of rotatable bonds is 5. The normalized spacial score (nSPS) is 25.6. The van der Waals surface area contributed by atoms with Gasteiger partial charge in [-0.2, -0.15) is 0 Å². The maximum Gasteiger partial charge on any atom is 0.253 e. The number of piperidine rings is 1. The first-order chi connectivity index (χ1) is 15.8. The molecule has 7 heteroatoms. The van der Waals surface area contributed by atoms with Crippen LogP contribution in [0.5, 0.6) is 0 Å². The lowest BCUT2D eigenvalue weighted by Gasteiger charge is -2.36. The van der Waals surface area contributed by atoms with Crippen LogP contribution in [0.3, 0.4) is 0 Å². The first kappa shape index (κ1) is 11.7. The minimum atomic E-state index is -3.96. The van der Waals surface area contributed by atoms with E-state index in [4.69, 9.17) is 22.6 Å². The lowest BCUT2D eigenvalue weighted by Crippen LogP contribution is -2.48. The SMILES string of the molecule is [2H]C([2H])(NC([2H])([2H])C1(F)C([2H])([2H])CN(C(=O)c2ccc(F)c(Cl)c2)CC1([2H])[2H])c1ccc(C)cn1. The van der Waals surface area contributed by atoms with Gasteiger partial charge in [0.25, 0.3) is 5.91 Å². The second-order valence-electron chi connectivity index (χ2n) is 5.90. The molecule has 1 saturated heterocycles. The van der Waals surface area contributed by atoms with Crippen LogP contribution in [-0.4, -0.2) is 41.0 Å². The highest BCUT2D eigenvalue weighted by Gasteiger charge is 2.35. The fraction of sp³-hybridized carbons (Fsp3) is 0.400. The number of nitrogens with zero attached hydrogens (tertiary/aromatic N) is 2. The summed E-state index contributed by atoms with van der Waals surface area (Å²) in [7, 11) is 0. The Bertz CT molecular complexity index is 1120. The van der Waals surface area contributed by atoms with E-state index >= 15 is 4.39 Å². The van der Waals surface area contributed by atoms with E-state index < -0.39 is 61.2 Å². The van der Waals surface area contributed by atoms with Gasteiger partial charge >= 0.3 is 0 Å². The fourth-order valence-electron chi connectivity index (χ4n) is 2.29. The molecule has 0 bridgehead atoms. The number of hydrogen-bond donors (Lipinski definition) is 1. The molecule has 1 aliphatic heterocycles. The van der Waals surface area contributed by atoms with E-state index in [-0.39, 0.29) is 11.3 Å². The van der Waals surface area contributed by atoms with Crippen molar-refractivity contribution in [3.8, 4) is 0 Å². The average Bonchev–Trinajstić information content (AvgIpc) is 2.72. The third-order valence-corrected chi connectivity index (χ3v) is 4.11. The Kier molecular flexibility index (Phi) is 3.61. The van der Waals surface area contributed by atoms with E-state index in [0.29, 0.717) is 10.5 Å². The summed E-state index contributed by atoms with van der Waals surface area (Å²) in [6.45, 7) is -6.86. The molecule has 1 aromatic heterocycles. The zero-order chi connectivity index (χ0) is 26.6. The fourth-order valence-corrected chi connectivity index (χ4v) is 2.47. The van der Waals surface area contributed by atoms with Crippen molar-refractivity contribution in [3.05, 3.63) is 64.2 Å². The lowest BCUT2D eigenvalue weighted by molar-refractivity contribution is 0.0434. The Balaban J connectivity index is 1.95. The molecule has 2 heterocycles. The monoisotopic (exact) mass is 401 g/mol. The molecule has 0 saturated carbocycles. The van der Waals surface area contributed by atoms with Gasteiger partial charge in [-0.1, -0.05) is 17.7 Å². The lowest BCUT2D eigenvalue weighted by atomic mass is 9.92. The van der Waals surface area contributed by atoms with Crippen molar-refractivity contribution in [2.75, 3.05) is 19.6 Å². The van der Waals surface area contributed by atoms with E-state index in [1.807, 2.05) is 0 Å². The Morgan fingerprint density at radius 2 is 2.15 bits per heavy atom. The Morgan fingerprint density at radius 3 is 2.78 bits per heavy atom. The third-order valence-electron chi connectivity index (χ3n) is 3.82. The van der Waals surface area contributed by atoms with Gasteiger partial charge in [-0.05, 0) is 36.8 Å². The van der Waals surface area contributed by atoms with Crippen LogP contribution in [0.2, 0.25) is 5.02 Å². The van der Waals surface area contributed by atoms with Crippen molar-refractivity contribution < 1.29 is 24.5 Å². The zero-order valence-corrected chi connectivity index (χ0v) is 15.1. The van der Waals surface area contributed by atoms with Crippen LogP contribution < -0.4 is 5.32 Å². The van der Waals surface area contributed by atoms with E-state index in [0.717, 1.165) is 18.2 Å². The number of likely N-dealkylation sites (tertiary alicyclic amines) is 1. The predicted octanol–water partition coefficient (Wildman–Crippen LogP) is 3.92. The molecule has 1 aromatic carbocycles. The molecule has 3 rings (SSSR count). The topological polar surface area (TPSA) is 45.2 Å². The van der Waals surface area contributed by atoms with E-state index in [1.165, 1.54) is 18.3 Å². The van der Waals surface area contributed by atoms with Crippen molar-refractivity contribution in [2.45, 2.75) is 31.8 Å². The van der Waals surface area contributed by atoms with Crippen molar-refractivity contribution in [3.63, 3.8) is 0 Å². The first-order valence-electron chi connectivity index (χ1n) is 12.0. The number of halogens is 3. The van der Waals surface area contributed by atoms with Gasteiger partial charge in [0.05, 0.1) is 10.7 Å². The summed E-state index contributed by atoms with van der Waals surface area (Å²) in [5.74, 6) is -1.78. The molecule has 4 nitrogen and oxygen atoms in total. The number of benzene rings is 1. The first-order valence-corrected chi connectivity index (χ1v) is 8.38. The van der Waals surface area contributed by atoms with Crippen LogP contribution in [0.4, 0.5) is 8.78 Å². The molecule has 0 unspecified atom stereocenters. The maximum absolute atomic E-state index is 16.4. The average molecular weight is 402 g/mol. The minimum Gasteiger partial charge on any atom is -0.338 e. The third kappa shape index (κ3) is 5.02. The quantitative estimate of drug-likeness (QED) is 0.826. The molecule has 1 amide bonds. The van der Waals surface area contributed by atoms with Gasteiger partial charge in [0, 0.05) is 61.6 Å². The van der Waals surface area contributed by atoms with Crippen molar-refractivity contribution in [2.24, 2.45) is 0 Å². The molecule has 0 aliphatic carbocycles. The van der Waals surface area contributed by atoms with Gasteiger partial charge in [0.1, 0.15) is 11.5 Å². The molecular formula is C20H22ClF2N3O. The summed E-state index contributed by atoms with van der Waals surface area (Å²) in [4.78, 5) is 17.4. The highest BCUT2D eigenvalue weighted by atomic mass is 35.5. The second-order valence-corrected chi connectivity index (χ2v) is 6.31. The van der Waals surface area contributed by atoms with Crippen molar-refractivity contribution >= 4 is 17.5 Å². The van der Waals surface area contributed by atoms with Gasteiger partial charge in [-0.25, -0.2) is 8.78 Å². The predicted molar refractivity (Wildman–Crippen MR) is 101 cm³/mol. The van der Waals surface area contributed by atoms with Crippen LogP contribution in [0.25, 0.3) is 0 Å². The second kappa shape index (κ2) is 8.31. The Labute approximate surface area is 173 Å². The zero-order valence-electron chi connectivity index (χ0n) is 22.3. The van der Waals surface area contributed by atoms with Gasteiger partial charge in [-0.15, -0.1) is 0 Å². The van der Waals surface area contributed by atoms with E-state index in [9.17, 15) is 9.18 Å². The van der Waals surface area contributed by atoms with Gasteiger partial charge < -0.3 is 10.2 Å². The highest BCUT2D eigenvalue weighted by molar-refractivity contribution is 6.31. The van der Waals surface area contributed by atoms with Gasteiger partial charge in [0.2, 0.25) is 0 Å². The summed E-state index contributed by atoms with van der Waals surface area (Å²) in [6.07, 6.45) is -5.36. The number of carbonyl (C=O) groups is 1. The summed E-state index contributed by atoms with van der Waals surface area (Å²) >= 11 is 5.68. The maximum atomic E-state index is 16.4. The number of hydrogen-bond acceptors (Lipinski definition) is 3. The smallest absolute Gasteiger partial charge is 0.253 e.